The highest BCUT2D eigenvalue weighted by Gasteiger charge is 2.27. The van der Waals surface area contributed by atoms with E-state index in [1.807, 2.05) is 22.7 Å². The van der Waals surface area contributed by atoms with Gasteiger partial charge in [-0.25, -0.2) is 0 Å². The molecule has 0 fully saturated rings. The molecule has 6 nitrogen and oxygen atoms in total. The lowest BCUT2D eigenvalue weighted by atomic mass is 10.0. The largest absolute Gasteiger partial charge is 0.454 e. The van der Waals surface area contributed by atoms with Gasteiger partial charge < -0.3 is 28.4 Å². The molecule has 21 rings (SSSR count). The van der Waals surface area contributed by atoms with Crippen LogP contribution in [-0.4, -0.2) is 0 Å². The van der Waals surface area contributed by atoms with Crippen molar-refractivity contribution in [2.24, 2.45) is 0 Å². The van der Waals surface area contributed by atoms with E-state index in [4.69, 9.17) is 8.83 Å². The van der Waals surface area contributed by atoms with Gasteiger partial charge in [-0.3, -0.25) is 0 Å². The zero-order chi connectivity index (χ0) is 71.4. The van der Waals surface area contributed by atoms with Gasteiger partial charge in [0, 0.05) is 96.6 Å². The molecule has 0 amide bonds. The third-order valence-corrected chi connectivity index (χ3v) is 22.9. The summed E-state index contributed by atoms with van der Waals surface area (Å²) in [4.78, 5) is 9.34. The first kappa shape index (κ1) is 63.9. The summed E-state index contributed by atoms with van der Waals surface area (Å²) in [5, 5.41) is 11.9. The minimum Gasteiger partial charge on any atom is -0.454 e. The van der Waals surface area contributed by atoms with Crippen LogP contribution in [0.4, 0.5) is 68.2 Å². The minimum absolute atomic E-state index is 0.840. The average Bonchev–Trinajstić information content (AvgIpc) is 1.57. The van der Waals surface area contributed by atoms with Gasteiger partial charge in [-0.15, -0.1) is 22.7 Å². The number of nitrogens with zero attached hydrogens (tertiary/aromatic N) is 4. The SMILES string of the molecule is c1ccc(-c2ccc(N(c3ccc4c(c3)sc3ccccc34)c3cccc4oc5c(N(c6ccccc6)c6ccccc6)cccc5c34)cc2)cc1.c1ccc(N(c2ccccc2)c2cccc3c2oc2cccc(N(c4ccc(-c5ccc6ccccc6c5)cc4)c4ccc5c(c4)sc4ccccc45)c23)cc1. The first-order valence-corrected chi connectivity index (χ1v) is 38.1. The number of furan rings is 2. The third-order valence-electron chi connectivity index (χ3n) is 20.7. The van der Waals surface area contributed by atoms with Gasteiger partial charge >= 0.3 is 0 Å². The van der Waals surface area contributed by atoms with Gasteiger partial charge in [-0.1, -0.05) is 249 Å². The van der Waals surface area contributed by atoms with E-state index in [-0.39, 0.29) is 0 Å². The maximum Gasteiger partial charge on any atom is 0.159 e. The van der Waals surface area contributed by atoms with Crippen LogP contribution < -0.4 is 19.6 Å². The van der Waals surface area contributed by atoms with Gasteiger partial charge in [0.05, 0.1) is 33.5 Å². The molecule has 4 aromatic heterocycles. The van der Waals surface area contributed by atoms with Crippen molar-refractivity contribution in [2.45, 2.75) is 0 Å². The Bertz CT molecular complexity index is 6800. The van der Waals surface area contributed by atoms with Crippen LogP contribution in [0.2, 0.25) is 0 Å². The maximum atomic E-state index is 6.93. The first-order chi connectivity index (χ1) is 53.6. The number of hydrogen-bond donors (Lipinski definition) is 0. The summed E-state index contributed by atoms with van der Waals surface area (Å²) in [6.07, 6.45) is 0. The lowest BCUT2D eigenvalue weighted by Crippen LogP contribution is -2.10. The molecule has 0 radical (unpaired) electrons. The van der Waals surface area contributed by atoms with E-state index in [0.29, 0.717) is 0 Å². The number of para-hydroxylation sites is 6. The number of benzene rings is 17. The minimum atomic E-state index is 0.840. The van der Waals surface area contributed by atoms with E-state index < -0.39 is 0 Å². The van der Waals surface area contributed by atoms with Gasteiger partial charge in [0.2, 0.25) is 0 Å². The Hall–Kier alpha value is -13.8. The number of anilines is 12. The van der Waals surface area contributed by atoms with Crippen LogP contribution in [-0.2, 0) is 0 Å². The quantitative estimate of drug-likeness (QED) is 0.108. The Balaban J connectivity index is 0.000000143. The molecule has 0 spiro atoms. The molecule has 0 bridgehead atoms. The van der Waals surface area contributed by atoms with Crippen LogP contribution >= 0.6 is 22.7 Å². The Morgan fingerprint density at radius 1 is 0.185 bits per heavy atom. The highest BCUT2D eigenvalue weighted by molar-refractivity contribution is 7.26. The highest BCUT2D eigenvalue weighted by atomic mass is 32.1. The predicted octanol–water partition coefficient (Wildman–Crippen LogP) is 30.3. The van der Waals surface area contributed by atoms with Crippen LogP contribution in [0.3, 0.4) is 0 Å². The lowest BCUT2D eigenvalue weighted by molar-refractivity contribution is 0.668. The number of hydrogen-bond acceptors (Lipinski definition) is 8. The Morgan fingerprint density at radius 2 is 0.500 bits per heavy atom. The first-order valence-electron chi connectivity index (χ1n) is 36.4. The van der Waals surface area contributed by atoms with Crippen LogP contribution in [0.15, 0.2) is 409 Å². The van der Waals surface area contributed by atoms with Crippen molar-refractivity contribution in [3.05, 3.63) is 400 Å². The molecule has 0 saturated carbocycles. The Kier molecular flexibility index (Phi) is 16.2. The van der Waals surface area contributed by atoms with Crippen molar-refractivity contribution in [3.63, 3.8) is 0 Å². The van der Waals surface area contributed by atoms with E-state index in [1.165, 1.54) is 73.4 Å². The fourth-order valence-electron chi connectivity index (χ4n) is 15.7. The summed E-state index contributed by atoms with van der Waals surface area (Å²) in [6.45, 7) is 0. The zero-order valence-corrected chi connectivity index (χ0v) is 60.2. The summed E-state index contributed by atoms with van der Waals surface area (Å²) in [7, 11) is 0. The number of fused-ring (bicyclic) bond motifs is 13. The summed E-state index contributed by atoms with van der Waals surface area (Å²) in [5.74, 6) is 0. The predicted molar refractivity (Wildman–Crippen MR) is 460 cm³/mol. The molecule has 0 unspecified atom stereocenters. The van der Waals surface area contributed by atoms with Crippen molar-refractivity contribution < 1.29 is 8.83 Å². The molecule has 0 N–H and O–H groups in total. The lowest BCUT2D eigenvalue weighted by Gasteiger charge is -2.27. The molecule has 108 heavy (non-hydrogen) atoms. The van der Waals surface area contributed by atoms with Gasteiger partial charge in [-0.05, 0) is 185 Å². The van der Waals surface area contributed by atoms with Crippen molar-refractivity contribution in [1.29, 1.82) is 0 Å². The van der Waals surface area contributed by atoms with Crippen LogP contribution in [0.5, 0.6) is 0 Å². The second-order valence-electron chi connectivity index (χ2n) is 27.1. The number of thiophene rings is 2. The average molecular weight is 1420 g/mol. The van der Waals surface area contributed by atoms with E-state index in [9.17, 15) is 0 Å². The standard InChI is InChI=1S/C52H34N2OS.C48H32N2OS/c1-3-15-39(16-4-1)53(40-17-5-2-6-18-40)47-22-11-20-45-51-46(21-12-23-48(51)55-52(45)47)54(42-31-32-44-43-19-9-10-24-49(43)56-50(44)34-42)41-29-27-36(28-30-41)38-26-25-35-13-7-8-14-37(35)33-38;1-4-14-33(15-5-1)34-26-28-37(29-27-34)50(38-30-31-40-39-20-10-11-25-45(39)52-46(40)32-38)42-22-13-24-44-47(42)41-21-12-23-43(48(41)51-44)49(35-16-6-2-7-17-35)36-18-8-3-9-19-36/h1-34H;1-32H. The normalized spacial score (nSPS) is 11.5. The molecule has 0 aliphatic rings. The van der Waals surface area contributed by atoms with Crippen LogP contribution in [0.25, 0.3) is 117 Å². The third kappa shape index (κ3) is 11.5. The van der Waals surface area contributed by atoms with Crippen molar-refractivity contribution in [3.8, 4) is 22.3 Å². The molecule has 17 aromatic carbocycles. The fraction of sp³-hybridized carbons (Fsp3) is 0. The highest BCUT2D eigenvalue weighted by Crippen LogP contribution is 2.51. The van der Waals surface area contributed by atoms with E-state index in [1.54, 1.807) is 0 Å². The molecular formula is C100H66N4O2S2. The van der Waals surface area contributed by atoms with Crippen molar-refractivity contribution in [2.75, 3.05) is 19.6 Å². The molecular weight excluding hydrogens is 1350 g/mol. The number of rotatable bonds is 14. The van der Waals surface area contributed by atoms with Gasteiger partial charge in [-0.2, -0.15) is 0 Å². The maximum absolute atomic E-state index is 6.93. The zero-order valence-electron chi connectivity index (χ0n) is 58.5. The van der Waals surface area contributed by atoms with Gasteiger partial charge in [0.25, 0.3) is 0 Å². The second-order valence-corrected chi connectivity index (χ2v) is 29.2. The molecule has 0 saturated heterocycles. The summed E-state index contributed by atoms with van der Waals surface area (Å²) in [5.41, 5.74) is 20.8. The Labute approximate surface area is 632 Å². The second kappa shape index (κ2) is 27.4. The van der Waals surface area contributed by atoms with E-state index in [0.717, 1.165) is 112 Å². The molecule has 0 aliphatic heterocycles. The van der Waals surface area contributed by atoms with Crippen LogP contribution in [0.1, 0.15) is 0 Å². The van der Waals surface area contributed by atoms with Gasteiger partial charge in [0.15, 0.2) is 11.2 Å². The van der Waals surface area contributed by atoms with Gasteiger partial charge in [0.1, 0.15) is 11.2 Å². The molecule has 0 aliphatic carbocycles. The Morgan fingerprint density at radius 3 is 0.954 bits per heavy atom. The van der Waals surface area contributed by atoms with E-state index >= 15 is 0 Å². The summed E-state index contributed by atoms with van der Waals surface area (Å²) in [6, 6.07) is 143. The molecule has 4 heterocycles. The van der Waals surface area contributed by atoms with Crippen molar-refractivity contribution in [1.82, 2.24) is 0 Å². The topological polar surface area (TPSA) is 39.2 Å². The summed E-state index contributed by atoms with van der Waals surface area (Å²) < 4.78 is 18.9. The van der Waals surface area contributed by atoms with Crippen molar-refractivity contribution >= 4 is 186 Å². The van der Waals surface area contributed by atoms with Crippen LogP contribution in [0, 0.1) is 0 Å². The smallest absolute Gasteiger partial charge is 0.159 e. The molecule has 510 valence electrons. The monoisotopic (exact) mass is 1420 g/mol. The van der Waals surface area contributed by atoms with E-state index in [2.05, 4.69) is 420 Å². The molecule has 8 heteroatoms. The summed E-state index contributed by atoms with van der Waals surface area (Å²) >= 11 is 3.68. The molecule has 0 atom stereocenters. The molecule has 21 aromatic rings. The fourth-order valence-corrected chi connectivity index (χ4v) is 18.0.